The molecule has 0 unspecified atom stereocenters. The molecule has 0 aromatic heterocycles. The summed E-state index contributed by atoms with van der Waals surface area (Å²) in [5.41, 5.74) is 5.66. The van der Waals surface area contributed by atoms with Crippen LogP contribution in [0, 0.1) is 5.82 Å². The molecule has 0 bridgehead atoms. The molecule has 0 fully saturated rings. The Labute approximate surface area is 75.9 Å². The van der Waals surface area contributed by atoms with E-state index in [1.807, 2.05) is 6.92 Å². The van der Waals surface area contributed by atoms with E-state index in [2.05, 4.69) is 0 Å². The van der Waals surface area contributed by atoms with Gasteiger partial charge in [0, 0.05) is 0 Å². The van der Waals surface area contributed by atoms with Crippen LogP contribution in [0.2, 0.25) is 0 Å². The van der Waals surface area contributed by atoms with Crippen LogP contribution in [-0.2, 0) is 0 Å². The van der Waals surface area contributed by atoms with Crippen molar-refractivity contribution in [2.75, 3.05) is 0 Å². The highest BCUT2D eigenvalue weighted by atomic mass is 19.1. The largest absolute Gasteiger partial charge is 0.366 e. The first-order chi connectivity index (χ1) is 6.15. The van der Waals surface area contributed by atoms with Crippen LogP contribution in [-0.4, -0.2) is 5.91 Å². The van der Waals surface area contributed by atoms with Gasteiger partial charge >= 0.3 is 0 Å². The van der Waals surface area contributed by atoms with Crippen LogP contribution in [0.25, 0.3) is 6.08 Å². The molecule has 3 heteroatoms. The normalized spacial score (nSPS) is 10.6. The summed E-state index contributed by atoms with van der Waals surface area (Å²) in [5.74, 6) is -1.33. The first-order valence-corrected chi connectivity index (χ1v) is 3.87. The second kappa shape index (κ2) is 3.85. The van der Waals surface area contributed by atoms with E-state index in [1.165, 1.54) is 12.1 Å². The molecule has 0 atom stereocenters. The standard InChI is InChI=1S/C10H10FNO/c1-2-3-7-4-5-9(11)8(6-7)10(12)13/h2-6H,1H3,(H2,12,13)/b3-2+. The number of carbonyl (C=O) groups excluding carboxylic acids is 1. The summed E-state index contributed by atoms with van der Waals surface area (Å²) in [5, 5.41) is 0. The lowest BCUT2D eigenvalue weighted by Crippen LogP contribution is -2.13. The summed E-state index contributed by atoms with van der Waals surface area (Å²) >= 11 is 0. The van der Waals surface area contributed by atoms with Crippen LogP contribution < -0.4 is 5.73 Å². The third-order valence-electron chi connectivity index (χ3n) is 1.61. The van der Waals surface area contributed by atoms with Gasteiger partial charge < -0.3 is 5.73 Å². The highest BCUT2D eigenvalue weighted by Gasteiger charge is 2.07. The molecular formula is C10H10FNO. The van der Waals surface area contributed by atoms with Crippen molar-refractivity contribution < 1.29 is 9.18 Å². The smallest absolute Gasteiger partial charge is 0.251 e. The van der Waals surface area contributed by atoms with Gasteiger partial charge in [0.1, 0.15) is 5.82 Å². The Balaban J connectivity index is 3.18. The zero-order chi connectivity index (χ0) is 9.84. The number of nitrogens with two attached hydrogens (primary N) is 1. The van der Waals surface area contributed by atoms with Crippen molar-refractivity contribution in [3.8, 4) is 0 Å². The summed E-state index contributed by atoms with van der Waals surface area (Å²) in [6.45, 7) is 1.84. The fourth-order valence-corrected chi connectivity index (χ4v) is 1.03. The molecule has 1 amide bonds. The van der Waals surface area contributed by atoms with E-state index in [0.29, 0.717) is 0 Å². The van der Waals surface area contributed by atoms with Gasteiger partial charge in [-0.1, -0.05) is 18.2 Å². The van der Waals surface area contributed by atoms with E-state index in [-0.39, 0.29) is 5.56 Å². The molecule has 2 N–H and O–H groups in total. The summed E-state index contributed by atoms with van der Waals surface area (Å²) in [4.78, 5) is 10.7. The predicted octanol–water partition coefficient (Wildman–Crippen LogP) is 1.96. The zero-order valence-corrected chi connectivity index (χ0v) is 7.25. The third-order valence-corrected chi connectivity index (χ3v) is 1.61. The SMILES string of the molecule is C/C=C/c1ccc(F)c(C(N)=O)c1. The Kier molecular flexibility index (Phi) is 2.80. The van der Waals surface area contributed by atoms with Crippen molar-refractivity contribution in [1.29, 1.82) is 0 Å². The van der Waals surface area contributed by atoms with Crippen LogP contribution in [0.15, 0.2) is 24.3 Å². The third kappa shape index (κ3) is 2.15. The van der Waals surface area contributed by atoms with E-state index in [0.717, 1.165) is 5.56 Å². The highest BCUT2D eigenvalue weighted by molar-refractivity contribution is 5.93. The minimum atomic E-state index is -0.746. The molecule has 0 spiro atoms. The van der Waals surface area contributed by atoms with Crippen LogP contribution in [0.5, 0.6) is 0 Å². The first-order valence-electron chi connectivity index (χ1n) is 3.87. The van der Waals surface area contributed by atoms with Crippen molar-refractivity contribution in [2.45, 2.75) is 6.92 Å². The van der Waals surface area contributed by atoms with Gasteiger partial charge in [0.15, 0.2) is 0 Å². The van der Waals surface area contributed by atoms with Gasteiger partial charge in [0.2, 0.25) is 0 Å². The molecule has 0 aliphatic heterocycles. The molecule has 0 aliphatic rings. The van der Waals surface area contributed by atoms with Gasteiger partial charge in [-0.05, 0) is 24.6 Å². The number of halogens is 1. The van der Waals surface area contributed by atoms with Crippen molar-refractivity contribution in [3.05, 3.63) is 41.2 Å². The number of allylic oxidation sites excluding steroid dienone is 1. The number of benzene rings is 1. The monoisotopic (exact) mass is 179 g/mol. The molecule has 0 radical (unpaired) electrons. The summed E-state index contributed by atoms with van der Waals surface area (Å²) in [6, 6.07) is 4.24. The molecule has 0 aliphatic carbocycles. The van der Waals surface area contributed by atoms with Gasteiger partial charge in [-0.2, -0.15) is 0 Å². The highest BCUT2D eigenvalue weighted by Crippen LogP contribution is 2.11. The van der Waals surface area contributed by atoms with Gasteiger partial charge in [-0.3, -0.25) is 4.79 Å². The van der Waals surface area contributed by atoms with Gasteiger partial charge in [-0.25, -0.2) is 4.39 Å². The van der Waals surface area contributed by atoms with E-state index in [4.69, 9.17) is 5.73 Å². The predicted molar refractivity (Wildman–Crippen MR) is 49.6 cm³/mol. The van der Waals surface area contributed by atoms with Crippen LogP contribution in [0.4, 0.5) is 4.39 Å². The van der Waals surface area contributed by atoms with Gasteiger partial charge in [-0.15, -0.1) is 0 Å². The molecule has 2 nitrogen and oxygen atoms in total. The molecular weight excluding hydrogens is 169 g/mol. The number of primary amides is 1. The lowest BCUT2D eigenvalue weighted by molar-refractivity contribution is 0.0996. The Bertz CT molecular complexity index is 358. The maximum absolute atomic E-state index is 12.9. The lowest BCUT2D eigenvalue weighted by Gasteiger charge is -1.99. The van der Waals surface area contributed by atoms with Crippen molar-refractivity contribution in [3.63, 3.8) is 0 Å². The number of carbonyl (C=O) groups is 1. The van der Waals surface area contributed by atoms with Crippen molar-refractivity contribution in [1.82, 2.24) is 0 Å². The number of rotatable bonds is 2. The maximum atomic E-state index is 12.9. The second-order valence-electron chi connectivity index (χ2n) is 2.60. The Morgan fingerprint density at radius 3 is 2.77 bits per heavy atom. The van der Waals surface area contributed by atoms with Gasteiger partial charge in [0.25, 0.3) is 5.91 Å². The molecule has 1 rings (SSSR count). The molecule has 1 aromatic carbocycles. The number of hydrogen-bond donors (Lipinski definition) is 1. The zero-order valence-electron chi connectivity index (χ0n) is 7.25. The first kappa shape index (κ1) is 9.45. The van der Waals surface area contributed by atoms with Crippen LogP contribution in [0.1, 0.15) is 22.8 Å². The summed E-state index contributed by atoms with van der Waals surface area (Å²) in [7, 11) is 0. The number of hydrogen-bond acceptors (Lipinski definition) is 1. The Morgan fingerprint density at radius 2 is 2.23 bits per heavy atom. The number of amides is 1. The molecule has 13 heavy (non-hydrogen) atoms. The minimum Gasteiger partial charge on any atom is -0.366 e. The molecule has 68 valence electrons. The van der Waals surface area contributed by atoms with Crippen LogP contribution >= 0.6 is 0 Å². The quantitative estimate of drug-likeness (QED) is 0.740. The summed E-state index contributed by atoms with van der Waals surface area (Å²) in [6.07, 6.45) is 3.57. The lowest BCUT2D eigenvalue weighted by atomic mass is 10.1. The van der Waals surface area contributed by atoms with Gasteiger partial charge in [0.05, 0.1) is 5.56 Å². The van der Waals surface area contributed by atoms with E-state index in [1.54, 1.807) is 18.2 Å². The molecule has 0 saturated carbocycles. The fraction of sp³-hybridized carbons (Fsp3) is 0.100. The average molecular weight is 179 g/mol. The Morgan fingerprint density at radius 1 is 1.54 bits per heavy atom. The van der Waals surface area contributed by atoms with E-state index in [9.17, 15) is 9.18 Å². The molecule has 1 aromatic rings. The molecule has 0 heterocycles. The van der Waals surface area contributed by atoms with E-state index < -0.39 is 11.7 Å². The minimum absolute atomic E-state index is 0.0735. The fourth-order valence-electron chi connectivity index (χ4n) is 1.03. The summed E-state index contributed by atoms with van der Waals surface area (Å²) < 4.78 is 12.9. The maximum Gasteiger partial charge on any atom is 0.251 e. The average Bonchev–Trinajstić information content (AvgIpc) is 2.08. The Hall–Kier alpha value is -1.64. The van der Waals surface area contributed by atoms with Crippen LogP contribution in [0.3, 0.4) is 0 Å². The second-order valence-corrected chi connectivity index (χ2v) is 2.60. The van der Waals surface area contributed by atoms with Crippen molar-refractivity contribution in [2.24, 2.45) is 5.73 Å². The van der Waals surface area contributed by atoms with E-state index >= 15 is 0 Å². The topological polar surface area (TPSA) is 43.1 Å². The molecule has 0 saturated heterocycles. The van der Waals surface area contributed by atoms with Crippen molar-refractivity contribution >= 4 is 12.0 Å².